The maximum atomic E-state index is 13.7. The van der Waals surface area contributed by atoms with E-state index < -0.39 is 17.4 Å². The van der Waals surface area contributed by atoms with E-state index in [0.717, 1.165) is 6.07 Å². The molecule has 0 aromatic heterocycles. The third-order valence-electron chi connectivity index (χ3n) is 2.81. The number of benzene rings is 1. The van der Waals surface area contributed by atoms with Gasteiger partial charge in [-0.3, -0.25) is 0 Å². The predicted octanol–water partition coefficient (Wildman–Crippen LogP) is 1.76. The molecular formula is C12H15F2NO2. The summed E-state index contributed by atoms with van der Waals surface area (Å²) in [4.78, 5) is 0. The Hall–Kier alpha value is -1.04. The highest BCUT2D eigenvalue weighted by atomic mass is 19.1. The molecule has 2 rings (SSSR count). The van der Waals surface area contributed by atoms with Gasteiger partial charge < -0.3 is 15.2 Å². The van der Waals surface area contributed by atoms with Gasteiger partial charge in [0.05, 0.1) is 19.8 Å². The van der Waals surface area contributed by atoms with E-state index >= 15 is 0 Å². The van der Waals surface area contributed by atoms with Gasteiger partial charge in [0.2, 0.25) is 5.79 Å². The van der Waals surface area contributed by atoms with Crippen molar-refractivity contribution in [1.29, 1.82) is 0 Å². The topological polar surface area (TPSA) is 44.5 Å². The van der Waals surface area contributed by atoms with Crippen molar-refractivity contribution >= 4 is 0 Å². The fraction of sp³-hybridized carbons (Fsp3) is 0.500. The van der Waals surface area contributed by atoms with Crippen LogP contribution in [0.1, 0.15) is 12.5 Å². The molecule has 94 valence electrons. The predicted molar refractivity (Wildman–Crippen MR) is 58.2 cm³/mol. The van der Waals surface area contributed by atoms with Gasteiger partial charge in [-0.2, -0.15) is 0 Å². The first-order chi connectivity index (χ1) is 8.07. The van der Waals surface area contributed by atoms with Crippen LogP contribution >= 0.6 is 0 Å². The van der Waals surface area contributed by atoms with E-state index in [1.807, 2.05) is 6.92 Å². The minimum absolute atomic E-state index is 0.0116. The summed E-state index contributed by atoms with van der Waals surface area (Å²) in [6.07, 6.45) is 0. The van der Waals surface area contributed by atoms with E-state index in [2.05, 4.69) is 0 Å². The van der Waals surface area contributed by atoms with E-state index in [1.54, 1.807) is 0 Å². The molecule has 1 fully saturated rings. The lowest BCUT2D eigenvalue weighted by atomic mass is 10.0. The second-order valence-electron chi connectivity index (χ2n) is 4.31. The lowest BCUT2D eigenvalue weighted by Gasteiger charge is -2.38. The normalized spacial score (nSPS) is 29.3. The molecular weight excluding hydrogens is 228 g/mol. The monoisotopic (exact) mass is 243 g/mol. The zero-order valence-corrected chi connectivity index (χ0v) is 9.58. The van der Waals surface area contributed by atoms with Gasteiger partial charge in [0.15, 0.2) is 0 Å². The Kier molecular flexibility index (Phi) is 3.42. The van der Waals surface area contributed by atoms with Crippen LogP contribution in [0.15, 0.2) is 18.2 Å². The molecule has 0 unspecified atom stereocenters. The van der Waals surface area contributed by atoms with Crippen LogP contribution in [0.2, 0.25) is 0 Å². The van der Waals surface area contributed by atoms with E-state index in [0.29, 0.717) is 13.2 Å². The van der Waals surface area contributed by atoms with Gasteiger partial charge in [-0.1, -0.05) is 6.92 Å². The van der Waals surface area contributed by atoms with Crippen molar-refractivity contribution < 1.29 is 18.3 Å². The van der Waals surface area contributed by atoms with E-state index in [4.69, 9.17) is 15.2 Å². The van der Waals surface area contributed by atoms with Crippen molar-refractivity contribution in [3.05, 3.63) is 35.4 Å². The summed E-state index contributed by atoms with van der Waals surface area (Å²) in [5, 5.41) is 0. The molecule has 0 aliphatic carbocycles. The molecule has 5 heteroatoms. The maximum Gasteiger partial charge on any atom is 0.210 e. The van der Waals surface area contributed by atoms with Crippen molar-refractivity contribution in [3.63, 3.8) is 0 Å². The fourth-order valence-corrected chi connectivity index (χ4v) is 1.83. The van der Waals surface area contributed by atoms with E-state index in [-0.39, 0.29) is 18.0 Å². The molecule has 1 aromatic carbocycles. The zero-order chi connectivity index (χ0) is 12.5. The Morgan fingerprint density at radius 1 is 1.35 bits per heavy atom. The van der Waals surface area contributed by atoms with Gasteiger partial charge in [0.25, 0.3) is 0 Å². The molecule has 1 heterocycles. The number of nitrogens with two attached hydrogens (primary N) is 1. The van der Waals surface area contributed by atoms with Crippen LogP contribution < -0.4 is 5.73 Å². The largest absolute Gasteiger partial charge is 0.344 e. The molecule has 1 aliphatic heterocycles. The molecule has 2 N–H and O–H groups in total. The Balaban J connectivity index is 2.34. The summed E-state index contributed by atoms with van der Waals surface area (Å²) in [5.74, 6) is -2.39. The molecule has 0 amide bonds. The Morgan fingerprint density at radius 3 is 2.53 bits per heavy atom. The lowest BCUT2D eigenvalue weighted by molar-refractivity contribution is -0.285. The van der Waals surface area contributed by atoms with Crippen LogP contribution in [-0.4, -0.2) is 19.8 Å². The molecule has 0 radical (unpaired) electrons. The van der Waals surface area contributed by atoms with Crippen molar-refractivity contribution in [3.8, 4) is 0 Å². The van der Waals surface area contributed by atoms with Crippen LogP contribution in [0.3, 0.4) is 0 Å². The summed E-state index contributed by atoms with van der Waals surface area (Å²) in [6.45, 7) is 2.83. The highest BCUT2D eigenvalue weighted by Gasteiger charge is 2.39. The lowest BCUT2D eigenvalue weighted by Crippen LogP contribution is -2.47. The third kappa shape index (κ3) is 2.31. The minimum atomic E-state index is -1.29. The standard InChI is InChI=1S/C12H15F2NO2/c1-8-5-16-12(7-15,17-6-8)10-3-2-9(13)4-11(10)14/h2-4,8H,5-7,15H2,1H3. The number of hydrogen-bond donors (Lipinski definition) is 1. The Labute approximate surface area is 98.5 Å². The van der Waals surface area contributed by atoms with Crippen molar-refractivity contribution in [1.82, 2.24) is 0 Å². The van der Waals surface area contributed by atoms with Crippen LogP contribution in [0.4, 0.5) is 8.78 Å². The van der Waals surface area contributed by atoms with Gasteiger partial charge in [-0.05, 0) is 12.1 Å². The Morgan fingerprint density at radius 2 is 2.00 bits per heavy atom. The van der Waals surface area contributed by atoms with Crippen LogP contribution in [-0.2, 0) is 15.3 Å². The second-order valence-corrected chi connectivity index (χ2v) is 4.31. The summed E-state index contributed by atoms with van der Waals surface area (Å²) in [5.41, 5.74) is 5.76. The first-order valence-electron chi connectivity index (χ1n) is 5.51. The maximum absolute atomic E-state index is 13.7. The number of ether oxygens (including phenoxy) is 2. The molecule has 0 atom stereocenters. The molecule has 1 saturated heterocycles. The van der Waals surface area contributed by atoms with Crippen LogP contribution in [0, 0.1) is 17.6 Å². The molecule has 17 heavy (non-hydrogen) atoms. The zero-order valence-electron chi connectivity index (χ0n) is 9.58. The van der Waals surface area contributed by atoms with Crippen molar-refractivity contribution in [2.45, 2.75) is 12.7 Å². The third-order valence-corrected chi connectivity index (χ3v) is 2.81. The van der Waals surface area contributed by atoms with Crippen molar-refractivity contribution in [2.75, 3.05) is 19.8 Å². The minimum Gasteiger partial charge on any atom is -0.344 e. The molecule has 1 aromatic rings. The molecule has 3 nitrogen and oxygen atoms in total. The highest BCUT2D eigenvalue weighted by molar-refractivity contribution is 5.24. The quantitative estimate of drug-likeness (QED) is 0.860. The van der Waals surface area contributed by atoms with Gasteiger partial charge >= 0.3 is 0 Å². The van der Waals surface area contributed by atoms with Crippen molar-refractivity contribution in [2.24, 2.45) is 11.7 Å². The average molecular weight is 243 g/mol. The summed E-state index contributed by atoms with van der Waals surface area (Å²) in [6, 6.07) is 3.28. The van der Waals surface area contributed by atoms with Gasteiger partial charge in [0.1, 0.15) is 11.6 Å². The van der Waals surface area contributed by atoms with Gasteiger partial charge in [-0.15, -0.1) is 0 Å². The summed E-state index contributed by atoms with van der Waals surface area (Å²) < 4.78 is 37.6. The van der Waals surface area contributed by atoms with Gasteiger partial charge in [0, 0.05) is 17.5 Å². The molecule has 0 bridgehead atoms. The average Bonchev–Trinajstić information content (AvgIpc) is 2.31. The first-order valence-corrected chi connectivity index (χ1v) is 5.51. The fourth-order valence-electron chi connectivity index (χ4n) is 1.83. The number of hydrogen-bond acceptors (Lipinski definition) is 3. The summed E-state index contributed by atoms with van der Waals surface area (Å²) in [7, 11) is 0. The number of rotatable bonds is 2. The highest BCUT2D eigenvalue weighted by Crippen LogP contribution is 2.33. The Bertz CT molecular complexity index is 403. The SMILES string of the molecule is CC1COC(CN)(c2ccc(F)cc2F)OC1. The second kappa shape index (κ2) is 4.68. The van der Waals surface area contributed by atoms with Gasteiger partial charge in [-0.25, -0.2) is 8.78 Å². The summed E-state index contributed by atoms with van der Waals surface area (Å²) >= 11 is 0. The smallest absolute Gasteiger partial charge is 0.210 e. The van der Waals surface area contributed by atoms with Crippen LogP contribution in [0.25, 0.3) is 0 Å². The molecule has 1 aliphatic rings. The number of halogens is 2. The van der Waals surface area contributed by atoms with E-state index in [1.165, 1.54) is 12.1 Å². The molecule has 0 spiro atoms. The van der Waals surface area contributed by atoms with Crippen LogP contribution in [0.5, 0.6) is 0 Å². The van der Waals surface area contributed by atoms with E-state index in [9.17, 15) is 8.78 Å². The first kappa shape index (κ1) is 12.4. The molecule has 0 saturated carbocycles.